The Morgan fingerprint density at radius 3 is 1.95 bits per heavy atom. The molecule has 0 fully saturated rings. The summed E-state index contributed by atoms with van der Waals surface area (Å²) in [5, 5.41) is 0. The second-order valence-electron chi connectivity index (χ2n) is 6.23. The van der Waals surface area contributed by atoms with Gasteiger partial charge >= 0.3 is 0 Å². The van der Waals surface area contributed by atoms with E-state index in [0.717, 1.165) is 5.76 Å². The SMILES string of the molecule is CC=CC(=CC=CC=CO[Si](C)(C)C)O[Si](C)(C)C. The number of hydrogen-bond donors (Lipinski definition) is 0. The Balaban J connectivity index is 4.46. The lowest BCUT2D eigenvalue weighted by atomic mass is 10.3. The molecule has 0 heterocycles. The van der Waals surface area contributed by atoms with Gasteiger partial charge in [-0.2, -0.15) is 0 Å². The lowest BCUT2D eigenvalue weighted by Crippen LogP contribution is -2.24. The molecule has 0 spiro atoms. The summed E-state index contributed by atoms with van der Waals surface area (Å²) in [5.74, 6) is 0.914. The van der Waals surface area contributed by atoms with Crippen LogP contribution < -0.4 is 0 Å². The van der Waals surface area contributed by atoms with Crippen molar-refractivity contribution in [3.05, 3.63) is 48.5 Å². The zero-order valence-electron chi connectivity index (χ0n) is 13.4. The van der Waals surface area contributed by atoms with E-state index < -0.39 is 16.6 Å². The van der Waals surface area contributed by atoms with Gasteiger partial charge in [-0.3, -0.25) is 0 Å². The van der Waals surface area contributed by atoms with Crippen LogP contribution in [0.15, 0.2) is 48.5 Å². The molecule has 2 nitrogen and oxygen atoms in total. The summed E-state index contributed by atoms with van der Waals surface area (Å²) in [6, 6.07) is 0. The fourth-order valence-corrected chi connectivity index (χ4v) is 2.47. The molecule has 108 valence electrons. The molecule has 19 heavy (non-hydrogen) atoms. The van der Waals surface area contributed by atoms with E-state index >= 15 is 0 Å². The van der Waals surface area contributed by atoms with Crippen LogP contribution in [-0.4, -0.2) is 16.6 Å². The summed E-state index contributed by atoms with van der Waals surface area (Å²) < 4.78 is 11.6. The van der Waals surface area contributed by atoms with Crippen molar-refractivity contribution in [2.45, 2.75) is 46.2 Å². The normalized spacial score (nSPS) is 14.8. The van der Waals surface area contributed by atoms with E-state index in [-0.39, 0.29) is 0 Å². The highest BCUT2D eigenvalue weighted by atomic mass is 28.4. The van der Waals surface area contributed by atoms with Crippen LogP contribution >= 0.6 is 0 Å². The van der Waals surface area contributed by atoms with Crippen molar-refractivity contribution in [1.29, 1.82) is 0 Å². The van der Waals surface area contributed by atoms with E-state index in [1.165, 1.54) is 0 Å². The molecule has 0 aliphatic carbocycles. The first-order chi connectivity index (χ1) is 8.64. The fraction of sp³-hybridized carbons (Fsp3) is 0.467. The molecule has 0 bridgehead atoms. The van der Waals surface area contributed by atoms with Crippen molar-refractivity contribution in [2.24, 2.45) is 0 Å². The maximum Gasteiger partial charge on any atom is 0.242 e. The number of hydrogen-bond acceptors (Lipinski definition) is 2. The first-order valence-electron chi connectivity index (χ1n) is 6.67. The Bertz CT molecular complexity index is 367. The quantitative estimate of drug-likeness (QED) is 0.364. The van der Waals surface area contributed by atoms with Crippen molar-refractivity contribution in [3.8, 4) is 0 Å². The average Bonchev–Trinajstić information content (AvgIpc) is 2.19. The highest BCUT2D eigenvalue weighted by molar-refractivity contribution is 6.70. The van der Waals surface area contributed by atoms with Gasteiger partial charge in [0.25, 0.3) is 0 Å². The van der Waals surface area contributed by atoms with Gasteiger partial charge in [0, 0.05) is 0 Å². The van der Waals surface area contributed by atoms with Gasteiger partial charge in [0.1, 0.15) is 5.76 Å². The van der Waals surface area contributed by atoms with Gasteiger partial charge in [-0.15, -0.1) is 0 Å². The predicted molar refractivity (Wildman–Crippen MR) is 90.0 cm³/mol. The summed E-state index contributed by atoms with van der Waals surface area (Å²) >= 11 is 0. The molecule has 0 rings (SSSR count). The number of allylic oxidation sites excluding steroid dienone is 6. The average molecular weight is 297 g/mol. The first kappa shape index (κ1) is 18.0. The van der Waals surface area contributed by atoms with E-state index in [1.54, 1.807) is 6.26 Å². The standard InChI is InChI=1S/C15H28O2Si2/c1-8-12-15(17-19(5,6)7)13-10-9-11-14-16-18(2,3)4/h8-14H,1-7H3. The van der Waals surface area contributed by atoms with E-state index in [4.69, 9.17) is 8.85 Å². The Kier molecular flexibility index (Phi) is 7.79. The van der Waals surface area contributed by atoms with Crippen LogP contribution in [0.1, 0.15) is 6.92 Å². The lowest BCUT2D eigenvalue weighted by molar-refractivity contribution is 0.441. The number of rotatable bonds is 7. The van der Waals surface area contributed by atoms with E-state index in [0.29, 0.717) is 0 Å². The predicted octanol–water partition coefficient (Wildman–Crippen LogP) is 5.22. The molecule has 0 saturated carbocycles. The molecular formula is C15H28O2Si2. The van der Waals surface area contributed by atoms with Crippen molar-refractivity contribution in [3.63, 3.8) is 0 Å². The van der Waals surface area contributed by atoms with Crippen LogP contribution in [0.2, 0.25) is 39.3 Å². The van der Waals surface area contributed by atoms with Crippen LogP contribution in [0.4, 0.5) is 0 Å². The molecule has 0 N–H and O–H groups in total. The summed E-state index contributed by atoms with van der Waals surface area (Å²) in [6.45, 7) is 15.0. The molecule has 0 atom stereocenters. The zero-order valence-corrected chi connectivity index (χ0v) is 15.4. The third-order valence-corrected chi connectivity index (χ3v) is 3.43. The Morgan fingerprint density at radius 2 is 1.47 bits per heavy atom. The van der Waals surface area contributed by atoms with Crippen LogP contribution in [0.5, 0.6) is 0 Å². The Labute approximate surface area is 120 Å². The van der Waals surface area contributed by atoms with Gasteiger partial charge in [-0.1, -0.05) is 18.2 Å². The third-order valence-electron chi connectivity index (χ3n) is 1.74. The van der Waals surface area contributed by atoms with E-state index in [9.17, 15) is 0 Å². The van der Waals surface area contributed by atoms with Gasteiger partial charge < -0.3 is 8.85 Å². The molecule has 0 aliphatic rings. The summed E-state index contributed by atoms with van der Waals surface area (Å²) in [7, 11) is -3.00. The zero-order chi connectivity index (χ0) is 14.9. The monoisotopic (exact) mass is 296 g/mol. The molecule has 0 radical (unpaired) electrons. The minimum Gasteiger partial charge on any atom is -0.550 e. The van der Waals surface area contributed by atoms with Crippen molar-refractivity contribution >= 4 is 16.6 Å². The summed E-state index contributed by atoms with van der Waals surface area (Å²) in [6.07, 6.45) is 13.6. The fourth-order valence-electron chi connectivity index (χ4n) is 1.14. The van der Waals surface area contributed by atoms with Crippen molar-refractivity contribution in [1.82, 2.24) is 0 Å². The Hall–Kier alpha value is -1.01. The van der Waals surface area contributed by atoms with Gasteiger partial charge in [-0.25, -0.2) is 0 Å². The maximum atomic E-state index is 5.95. The van der Waals surface area contributed by atoms with Gasteiger partial charge in [0.15, 0.2) is 0 Å². The van der Waals surface area contributed by atoms with Crippen molar-refractivity contribution < 1.29 is 8.85 Å². The molecule has 0 aliphatic heterocycles. The molecule has 0 unspecified atom stereocenters. The first-order valence-corrected chi connectivity index (χ1v) is 13.5. The minimum absolute atomic E-state index is 0.914. The molecule has 0 amide bonds. The molecular weight excluding hydrogens is 268 g/mol. The molecule has 0 aromatic rings. The van der Waals surface area contributed by atoms with Crippen molar-refractivity contribution in [2.75, 3.05) is 0 Å². The van der Waals surface area contributed by atoms with Crippen LogP contribution in [0.25, 0.3) is 0 Å². The van der Waals surface area contributed by atoms with Crippen LogP contribution in [0, 0.1) is 0 Å². The Morgan fingerprint density at radius 1 is 0.842 bits per heavy atom. The highest BCUT2D eigenvalue weighted by Crippen LogP contribution is 2.11. The smallest absolute Gasteiger partial charge is 0.242 e. The summed E-state index contributed by atoms with van der Waals surface area (Å²) in [4.78, 5) is 0. The highest BCUT2D eigenvalue weighted by Gasteiger charge is 2.16. The van der Waals surface area contributed by atoms with Crippen LogP contribution in [0.3, 0.4) is 0 Å². The topological polar surface area (TPSA) is 18.5 Å². The maximum absolute atomic E-state index is 5.95. The van der Waals surface area contributed by atoms with Gasteiger partial charge in [-0.05, 0) is 64.4 Å². The minimum atomic E-state index is -1.55. The van der Waals surface area contributed by atoms with Crippen LogP contribution in [-0.2, 0) is 8.85 Å². The van der Waals surface area contributed by atoms with Gasteiger partial charge in [0.2, 0.25) is 16.6 Å². The molecule has 0 saturated heterocycles. The largest absolute Gasteiger partial charge is 0.550 e. The third kappa shape index (κ3) is 13.2. The molecule has 4 heteroatoms. The van der Waals surface area contributed by atoms with Gasteiger partial charge in [0.05, 0.1) is 6.26 Å². The van der Waals surface area contributed by atoms with E-state index in [1.807, 2.05) is 43.4 Å². The van der Waals surface area contributed by atoms with E-state index in [2.05, 4.69) is 39.3 Å². The molecule has 0 aromatic heterocycles. The molecule has 0 aromatic carbocycles. The second-order valence-corrected chi connectivity index (χ2v) is 15.1. The summed E-state index contributed by atoms with van der Waals surface area (Å²) in [5.41, 5.74) is 0. The second kappa shape index (κ2) is 8.22. The lowest BCUT2D eigenvalue weighted by Gasteiger charge is -2.19.